The van der Waals surface area contributed by atoms with Crippen molar-refractivity contribution >= 4 is 50.7 Å². The number of hydrogen-bond donors (Lipinski definition) is 1. The number of nitrogens with zero attached hydrogens (tertiary/aromatic N) is 2. The highest BCUT2D eigenvalue weighted by Gasteiger charge is 2.34. The molecule has 230 valence electrons. The van der Waals surface area contributed by atoms with E-state index in [0.29, 0.717) is 53.2 Å². The molecule has 3 aromatic carbocycles. The molecule has 1 heterocycles. The fraction of sp³-hybridized carbons (Fsp3) is 0.355. The van der Waals surface area contributed by atoms with Crippen molar-refractivity contribution in [3.8, 4) is 11.5 Å². The Hall–Kier alpha value is -3.47. The lowest BCUT2D eigenvalue weighted by molar-refractivity contribution is -0.140. The van der Waals surface area contributed by atoms with Crippen LogP contribution in [-0.2, 0) is 26.2 Å². The van der Waals surface area contributed by atoms with Crippen molar-refractivity contribution in [1.29, 1.82) is 0 Å². The van der Waals surface area contributed by atoms with Gasteiger partial charge in [-0.3, -0.25) is 13.9 Å². The fourth-order valence-electron chi connectivity index (χ4n) is 4.63. The molecule has 0 saturated heterocycles. The number of ether oxygens (including phenoxy) is 2. The highest BCUT2D eigenvalue weighted by molar-refractivity contribution is 7.92. The van der Waals surface area contributed by atoms with E-state index < -0.39 is 28.5 Å². The molecule has 1 aliphatic heterocycles. The van der Waals surface area contributed by atoms with Crippen LogP contribution in [0, 0.1) is 0 Å². The monoisotopic (exact) mass is 647 g/mol. The molecule has 0 bridgehead atoms. The van der Waals surface area contributed by atoms with E-state index in [4.69, 9.17) is 32.7 Å². The van der Waals surface area contributed by atoms with Crippen molar-refractivity contribution in [3.05, 3.63) is 82.3 Å². The lowest BCUT2D eigenvalue weighted by atomic mass is 10.1. The summed E-state index contributed by atoms with van der Waals surface area (Å²) in [6.07, 6.45) is 1.00. The predicted molar refractivity (Wildman–Crippen MR) is 167 cm³/mol. The highest BCUT2D eigenvalue weighted by atomic mass is 35.5. The van der Waals surface area contributed by atoms with Gasteiger partial charge in [-0.2, -0.15) is 0 Å². The Kier molecular flexibility index (Phi) is 10.8. The van der Waals surface area contributed by atoms with E-state index in [1.807, 2.05) is 13.8 Å². The van der Waals surface area contributed by atoms with E-state index in [1.54, 1.807) is 61.5 Å². The van der Waals surface area contributed by atoms with Gasteiger partial charge in [0.05, 0.1) is 20.6 Å². The largest absolute Gasteiger partial charge is 0.486 e. The standard InChI is InChI=1S/C31H35Cl2N3O6S/c1-4-21(3)34-31(38)27(5-2)35(19-22-11-13-25(32)26(33)17-22)30(37)20-36(43(39,40)24-9-7-6-8-10-24)23-12-14-28-29(18-23)42-16-15-41-28/h6-14,17-18,21,27H,4-5,15-16,19-20H2,1-3H3,(H,34,38)/t21-,27-/m1/s1. The molecule has 2 atom stereocenters. The van der Waals surface area contributed by atoms with Gasteiger partial charge in [0.1, 0.15) is 25.8 Å². The van der Waals surface area contributed by atoms with Crippen LogP contribution in [0.25, 0.3) is 0 Å². The van der Waals surface area contributed by atoms with E-state index in [0.717, 1.165) is 4.31 Å². The first kappa shape index (κ1) is 32.4. The molecule has 1 N–H and O–H groups in total. The molecule has 4 rings (SSSR count). The molecule has 0 spiro atoms. The second kappa shape index (κ2) is 14.3. The number of hydrogen-bond acceptors (Lipinski definition) is 6. The molecule has 9 nitrogen and oxygen atoms in total. The average molecular weight is 649 g/mol. The van der Waals surface area contributed by atoms with Crippen LogP contribution < -0.4 is 19.1 Å². The molecule has 12 heteroatoms. The minimum Gasteiger partial charge on any atom is -0.486 e. The Morgan fingerprint density at radius 2 is 1.60 bits per heavy atom. The lowest BCUT2D eigenvalue weighted by Crippen LogP contribution is -2.53. The van der Waals surface area contributed by atoms with Crippen molar-refractivity contribution in [3.63, 3.8) is 0 Å². The number of carbonyl (C=O) groups excluding carboxylic acids is 2. The van der Waals surface area contributed by atoms with Gasteiger partial charge in [-0.25, -0.2) is 8.42 Å². The maximum atomic E-state index is 14.2. The number of rotatable bonds is 12. The molecule has 0 radical (unpaired) electrons. The third-order valence-corrected chi connectivity index (χ3v) is 9.67. The van der Waals surface area contributed by atoms with Gasteiger partial charge in [-0.05, 0) is 61.7 Å². The maximum absolute atomic E-state index is 14.2. The minimum absolute atomic E-state index is 0.00250. The first-order chi connectivity index (χ1) is 20.5. The summed E-state index contributed by atoms with van der Waals surface area (Å²) in [6.45, 7) is 5.73. The van der Waals surface area contributed by atoms with Crippen molar-refractivity contribution in [2.24, 2.45) is 0 Å². The van der Waals surface area contributed by atoms with Gasteiger partial charge in [0, 0.05) is 18.7 Å². The highest BCUT2D eigenvalue weighted by Crippen LogP contribution is 2.36. The Bertz CT molecular complexity index is 1550. The summed E-state index contributed by atoms with van der Waals surface area (Å²) in [5.41, 5.74) is 0.849. The van der Waals surface area contributed by atoms with Crippen LogP contribution in [0.3, 0.4) is 0 Å². The van der Waals surface area contributed by atoms with Crippen LogP contribution in [0.1, 0.15) is 39.2 Å². The van der Waals surface area contributed by atoms with Crippen LogP contribution in [-0.4, -0.2) is 57.0 Å². The third kappa shape index (κ3) is 7.74. The summed E-state index contributed by atoms with van der Waals surface area (Å²) in [7, 11) is -4.22. The van der Waals surface area contributed by atoms with Gasteiger partial charge in [0.2, 0.25) is 11.8 Å². The van der Waals surface area contributed by atoms with Crippen LogP contribution in [0.4, 0.5) is 5.69 Å². The van der Waals surface area contributed by atoms with Crippen LogP contribution in [0.5, 0.6) is 11.5 Å². The zero-order chi connectivity index (χ0) is 31.1. The minimum atomic E-state index is -4.22. The molecular weight excluding hydrogens is 613 g/mol. The first-order valence-corrected chi connectivity index (χ1v) is 16.3. The quantitative estimate of drug-likeness (QED) is 0.271. The molecule has 43 heavy (non-hydrogen) atoms. The van der Waals surface area contributed by atoms with E-state index in [-0.39, 0.29) is 29.1 Å². The molecule has 0 aliphatic carbocycles. The molecular formula is C31H35Cl2N3O6S. The number of carbonyl (C=O) groups is 2. The third-order valence-electron chi connectivity index (χ3n) is 7.15. The van der Waals surface area contributed by atoms with Gasteiger partial charge >= 0.3 is 0 Å². The zero-order valence-electron chi connectivity index (χ0n) is 24.3. The summed E-state index contributed by atoms with van der Waals surface area (Å²) in [6, 6.07) is 16.5. The summed E-state index contributed by atoms with van der Waals surface area (Å²) >= 11 is 12.4. The Morgan fingerprint density at radius 1 is 0.907 bits per heavy atom. The number of anilines is 1. The normalized spacial score (nSPS) is 14.0. The van der Waals surface area contributed by atoms with Crippen LogP contribution in [0.2, 0.25) is 10.0 Å². The van der Waals surface area contributed by atoms with Crippen LogP contribution >= 0.6 is 23.2 Å². The molecule has 0 fully saturated rings. The summed E-state index contributed by atoms with van der Waals surface area (Å²) < 4.78 is 40.4. The van der Waals surface area contributed by atoms with Gasteiger partial charge in [0.25, 0.3) is 10.0 Å². The molecule has 3 aromatic rings. The second-order valence-corrected chi connectivity index (χ2v) is 12.8. The fourth-order valence-corrected chi connectivity index (χ4v) is 6.38. The maximum Gasteiger partial charge on any atom is 0.264 e. The molecule has 0 saturated carbocycles. The summed E-state index contributed by atoms with van der Waals surface area (Å²) in [4.78, 5) is 29.1. The summed E-state index contributed by atoms with van der Waals surface area (Å²) in [5.74, 6) is -0.0578. The van der Waals surface area contributed by atoms with E-state index in [1.165, 1.54) is 17.0 Å². The van der Waals surface area contributed by atoms with Gasteiger partial charge in [-0.1, -0.05) is 61.3 Å². The van der Waals surface area contributed by atoms with E-state index >= 15 is 0 Å². The smallest absolute Gasteiger partial charge is 0.264 e. The Balaban J connectivity index is 1.76. The number of nitrogens with one attached hydrogen (secondary N) is 1. The van der Waals surface area contributed by atoms with Gasteiger partial charge < -0.3 is 19.7 Å². The lowest BCUT2D eigenvalue weighted by Gasteiger charge is -2.34. The van der Waals surface area contributed by atoms with Crippen molar-refractivity contribution in [2.75, 3.05) is 24.1 Å². The van der Waals surface area contributed by atoms with Crippen LogP contribution in [0.15, 0.2) is 71.6 Å². The number of fused-ring (bicyclic) bond motifs is 1. The Labute approximate surface area is 262 Å². The molecule has 1 aliphatic rings. The van der Waals surface area contributed by atoms with Crippen molar-refractivity contribution < 1.29 is 27.5 Å². The average Bonchev–Trinajstić information content (AvgIpc) is 3.01. The summed E-state index contributed by atoms with van der Waals surface area (Å²) in [5, 5.41) is 3.61. The molecule has 0 aromatic heterocycles. The van der Waals surface area contributed by atoms with Crippen molar-refractivity contribution in [1.82, 2.24) is 10.2 Å². The number of benzene rings is 3. The zero-order valence-corrected chi connectivity index (χ0v) is 26.6. The van der Waals surface area contributed by atoms with Gasteiger partial charge in [0.15, 0.2) is 11.5 Å². The second-order valence-electron chi connectivity index (χ2n) is 10.2. The first-order valence-electron chi connectivity index (χ1n) is 14.1. The molecule has 2 amide bonds. The topological polar surface area (TPSA) is 105 Å². The number of amides is 2. The molecule has 0 unspecified atom stereocenters. The van der Waals surface area contributed by atoms with E-state index in [2.05, 4.69) is 5.32 Å². The Morgan fingerprint density at radius 3 is 2.26 bits per heavy atom. The van der Waals surface area contributed by atoms with E-state index in [9.17, 15) is 18.0 Å². The SMILES string of the molecule is CC[C@@H](C)NC(=O)[C@@H](CC)N(Cc1ccc(Cl)c(Cl)c1)C(=O)CN(c1ccc2c(c1)OCCO2)S(=O)(=O)c1ccccc1. The number of sulfonamides is 1. The number of halogens is 2. The predicted octanol–water partition coefficient (Wildman–Crippen LogP) is 5.68. The van der Waals surface area contributed by atoms with Gasteiger partial charge in [-0.15, -0.1) is 0 Å². The van der Waals surface area contributed by atoms with Crippen molar-refractivity contribution in [2.45, 2.75) is 57.1 Å².